The van der Waals surface area contributed by atoms with Crippen LogP contribution in [0.5, 0.6) is 0 Å². The van der Waals surface area contributed by atoms with Crippen molar-refractivity contribution in [3.8, 4) is 0 Å². The van der Waals surface area contributed by atoms with Gasteiger partial charge >= 0.3 is 0 Å². The van der Waals surface area contributed by atoms with Gasteiger partial charge in [0.25, 0.3) is 0 Å². The van der Waals surface area contributed by atoms with Crippen LogP contribution in [0.15, 0.2) is 24.3 Å². The first-order chi connectivity index (χ1) is 8.19. The molecule has 0 aliphatic rings. The Hall–Kier alpha value is -0.0900. The van der Waals surface area contributed by atoms with Crippen molar-refractivity contribution in [2.24, 2.45) is 0 Å². The van der Waals surface area contributed by atoms with Crippen molar-refractivity contribution in [2.45, 2.75) is 32.1 Å². The molecule has 1 rings (SSSR count). The van der Waals surface area contributed by atoms with Gasteiger partial charge in [0.2, 0.25) is 7.37 Å². The third-order valence-corrected chi connectivity index (χ3v) is 5.13. The fourth-order valence-electron chi connectivity index (χ4n) is 1.60. The molecular formula is C12H20Cl2NO3P. The van der Waals surface area contributed by atoms with Crippen LogP contribution in [0.4, 0.5) is 0 Å². The van der Waals surface area contributed by atoms with Gasteiger partial charge in [-0.1, -0.05) is 17.7 Å². The molecule has 2 atom stereocenters. The zero-order valence-corrected chi connectivity index (χ0v) is 13.6. The van der Waals surface area contributed by atoms with Gasteiger partial charge in [0.15, 0.2) is 0 Å². The maximum Gasteiger partial charge on any atom is 0.245 e. The second-order valence-corrected chi connectivity index (χ2v) is 7.94. The molecule has 0 aliphatic heterocycles. The molecule has 0 saturated heterocycles. The monoisotopic (exact) mass is 327 g/mol. The summed E-state index contributed by atoms with van der Waals surface area (Å²) >= 11 is 5.82. The maximum atomic E-state index is 12.4. The minimum absolute atomic E-state index is 0. The summed E-state index contributed by atoms with van der Waals surface area (Å²) in [6, 6.07) is 6.37. The van der Waals surface area contributed by atoms with Gasteiger partial charge in [0.05, 0.1) is 12.4 Å². The molecule has 2 unspecified atom stereocenters. The van der Waals surface area contributed by atoms with Crippen molar-refractivity contribution in [3.63, 3.8) is 0 Å². The number of benzene rings is 1. The van der Waals surface area contributed by atoms with E-state index >= 15 is 0 Å². The SMILES string of the molecule is CC(NC(C)(C)CO)P(=O)(O)c1cccc(Cl)c1.Cl. The molecule has 19 heavy (non-hydrogen) atoms. The molecular weight excluding hydrogens is 308 g/mol. The number of hydrogen-bond donors (Lipinski definition) is 3. The Morgan fingerprint density at radius 3 is 2.53 bits per heavy atom. The lowest BCUT2D eigenvalue weighted by Crippen LogP contribution is -2.48. The minimum Gasteiger partial charge on any atom is -0.394 e. The van der Waals surface area contributed by atoms with E-state index in [4.69, 9.17) is 16.7 Å². The molecule has 4 nitrogen and oxygen atoms in total. The van der Waals surface area contributed by atoms with Gasteiger partial charge < -0.3 is 10.00 Å². The molecule has 0 amide bonds. The van der Waals surface area contributed by atoms with Crippen LogP contribution in [0.3, 0.4) is 0 Å². The predicted molar refractivity (Wildman–Crippen MR) is 81.9 cm³/mol. The van der Waals surface area contributed by atoms with Crippen LogP contribution in [0.25, 0.3) is 0 Å². The summed E-state index contributed by atoms with van der Waals surface area (Å²) in [5, 5.41) is 12.9. The molecule has 0 heterocycles. The van der Waals surface area contributed by atoms with Crippen LogP contribution in [0, 0.1) is 0 Å². The maximum absolute atomic E-state index is 12.4. The molecule has 1 aromatic rings. The van der Waals surface area contributed by atoms with E-state index < -0.39 is 18.7 Å². The average molecular weight is 328 g/mol. The summed E-state index contributed by atoms with van der Waals surface area (Å²) in [5.74, 6) is -0.668. The van der Waals surface area contributed by atoms with E-state index in [9.17, 15) is 9.46 Å². The topological polar surface area (TPSA) is 69.6 Å². The molecule has 0 bridgehead atoms. The second-order valence-electron chi connectivity index (χ2n) is 4.97. The highest BCUT2D eigenvalue weighted by atomic mass is 35.5. The number of rotatable bonds is 5. The molecule has 0 aromatic heterocycles. The van der Waals surface area contributed by atoms with Gasteiger partial charge in [0.1, 0.15) is 0 Å². The average Bonchev–Trinajstić information content (AvgIpc) is 2.28. The quantitative estimate of drug-likeness (QED) is 0.726. The van der Waals surface area contributed by atoms with Crippen molar-refractivity contribution < 1.29 is 14.6 Å². The van der Waals surface area contributed by atoms with Crippen LogP contribution in [0.1, 0.15) is 20.8 Å². The third kappa shape index (κ3) is 5.07. The normalized spacial score (nSPS) is 16.3. The molecule has 0 saturated carbocycles. The first kappa shape index (κ1) is 18.9. The first-order valence-electron chi connectivity index (χ1n) is 5.66. The van der Waals surface area contributed by atoms with Gasteiger partial charge in [0, 0.05) is 15.9 Å². The molecule has 110 valence electrons. The zero-order valence-electron chi connectivity index (χ0n) is 11.1. The molecule has 0 aliphatic carbocycles. The van der Waals surface area contributed by atoms with E-state index in [1.54, 1.807) is 39.0 Å². The standard InChI is InChI=1S/C12H19ClNO3P.ClH/c1-9(14-12(2,3)8-15)18(16,17)11-6-4-5-10(13)7-11;/h4-7,9,14-15H,8H2,1-3H3,(H,16,17);1H. The smallest absolute Gasteiger partial charge is 0.245 e. The van der Waals surface area contributed by atoms with Gasteiger partial charge in [-0.15, -0.1) is 12.4 Å². The Kier molecular flexibility index (Phi) is 7.04. The number of halogens is 2. The van der Waals surface area contributed by atoms with Gasteiger partial charge in [-0.2, -0.15) is 0 Å². The molecule has 0 radical (unpaired) electrons. The van der Waals surface area contributed by atoms with E-state index in [1.165, 1.54) is 6.07 Å². The van der Waals surface area contributed by atoms with E-state index in [1.807, 2.05) is 0 Å². The number of aliphatic hydroxyl groups excluding tert-OH is 1. The van der Waals surface area contributed by atoms with Gasteiger partial charge in [-0.3, -0.25) is 9.88 Å². The van der Waals surface area contributed by atoms with Gasteiger partial charge in [-0.25, -0.2) is 0 Å². The highest BCUT2D eigenvalue weighted by Gasteiger charge is 2.33. The number of nitrogens with one attached hydrogen (secondary N) is 1. The van der Waals surface area contributed by atoms with Gasteiger partial charge in [-0.05, 0) is 39.0 Å². The molecule has 0 fully saturated rings. The Bertz CT molecular complexity index is 468. The van der Waals surface area contributed by atoms with Crippen molar-refractivity contribution in [1.29, 1.82) is 0 Å². The van der Waals surface area contributed by atoms with E-state index in [0.29, 0.717) is 10.3 Å². The largest absolute Gasteiger partial charge is 0.394 e. The Balaban J connectivity index is 0.00000324. The fraction of sp³-hybridized carbons (Fsp3) is 0.500. The van der Waals surface area contributed by atoms with Crippen LogP contribution in [0.2, 0.25) is 5.02 Å². The lowest BCUT2D eigenvalue weighted by Gasteiger charge is -2.30. The van der Waals surface area contributed by atoms with E-state index in [2.05, 4.69) is 5.32 Å². The molecule has 7 heteroatoms. The van der Waals surface area contributed by atoms with Crippen molar-refractivity contribution in [3.05, 3.63) is 29.3 Å². The van der Waals surface area contributed by atoms with E-state index in [-0.39, 0.29) is 19.0 Å². The summed E-state index contributed by atoms with van der Waals surface area (Å²) < 4.78 is 12.4. The fourth-order valence-corrected chi connectivity index (χ4v) is 3.46. The Labute approximate surface area is 125 Å². The van der Waals surface area contributed by atoms with Crippen LogP contribution in [-0.4, -0.2) is 27.9 Å². The molecule has 0 spiro atoms. The van der Waals surface area contributed by atoms with Crippen molar-refractivity contribution in [1.82, 2.24) is 5.32 Å². The molecule has 1 aromatic carbocycles. The Morgan fingerprint density at radius 2 is 2.05 bits per heavy atom. The van der Waals surface area contributed by atoms with E-state index in [0.717, 1.165) is 0 Å². The lowest BCUT2D eigenvalue weighted by molar-refractivity contribution is 0.185. The zero-order chi connectivity index (χ0) is 14.0. The van der Waals surface area contributed by atoms with Crippen LogP contribution >= 0.6 is 31.4 Å². The first-order valence-corrected chi connectivity index (χ1v) is 7.77. The Morgan fingerprint density at radius 1 is 1.47 bits per heavy atom. The minimum atomic E-state index is -3.58. The van der Waals surface area contributed by atoms with Crippen molar-refractivity contribution >= 4 is 36.7 Å². The lowest BCUT2D eigenvalue weighted by atomic mass is 10.1. The number of aliphatic hydroxyl groups is 1. The predicted octanol–water partition coefficient (Wildman–Crippen LogP) is 2.36. The third-order valence-electron chi connectivity index (χ3n) is 2.70. The van der Waals surface area contributed by atoms with Crippen LogP contribution < -0.4 is 10.6 Å². The second kappa shape index (κ2) is 7.07. The summed E-state index contributed by atoms with van der Waals surface area (Å²) in [6.07, 6.45) is 0. The summed E-state index contributed by atoms with van der Waals surface area (Å²) in [7, 11) is -3.58. The van der Waals surface area contributed by atoms with Crippen LogP contribution in [-0.2, 0) is 4.57 Å². The molecule has 3 N–H and O–H groups in total. The highest BCUT2D eigenvalue weighted by Crippen LogP contribution is 2.44. The summed E-state index contributed by atoms with van der Waals surface area (Å²) in [4.78, 5) is 10.2. The number of hydrogen-bond acceptors (Lipinski definition) is 3. The van der Waals surface area contributed by atoms with Crippen molar-refractivity contribution in [2.75, 3.05) is 6.61 Å². The summed E-state index contributed by atoms with van der Waals surface area (Å²) in [6.45, 7) is 5.04. The highest BCUT2D eigenvalue weighted by molar-refractivity contribution is 7.66. The summed E-state index contributed by atoms with van der Waals surface area (Å²) in [5.41, 5.74) is -0.615.